The van der Waals surface area contributed by atoms with Crippen molar-refractivity contribution < 1.29 is 9.21 Å². The Balaban J connectivity index is 1.44. The minimum atomic E-state index is -0.0131. The molecule has 1 aliphatic heterocycles. The van der Waals surface area contributed by atoms with Crippen LogP contribution in [0.5, 0.6) is 0 Å². The normalized spacial score (nSPS) is 15.2. The summed E-state index contributed by atoms with van der Waals surface area (Å²) in [6, 6.07) is 7.78. The molecule has 2 aromatic heterocycles. The van der Waals surface area contributed by atoms with Gasteiger partial charge in [-0.2, -0.15) is 0 Å². The van der Waals surface area contributed by atoms with Crippen molar-refractivity contribution in [3.05, 3.63) is 48.0 Å². The molecule has 3 heterocycles. The topological polar surface area (TPSA) is 64.9 Å². The van der Waals surface area contributed by atoms with Gasteiger partial charge < -0.3 is 19.5 Å². The maximum absolute atomic E-state index is 12.4. The number of hydrogen-bond acceptors (Lipinski definition) is 5. The van der Waals surface area contributed by atoms with Crippen molar-refractivity contribution in [2.75, 3.05) is 45.2 Å². The monoisotopic (exact) mass is 343 g/mol. The molecule has 0 aliphatic carbocycles. The van der Waals surface area contributed by atoms with Crippen LogP contribution >= 0.6 is 0 Å². The number of amides is 2. The van der Waals surface area contributed by atoms with E-state index in [0.717, 1.165) is 49.9 Å². The van der Waals surface area contributed by atoms with Gasteiger partial charge in [0.15, 0.2) is 0 Å². The summed E-state index contributed by atoms with van der Waals surface area (Å²) in [5.74, 6) is 1.85. The quantitative estimate of drug-likeness (QED) is 0.896. The Morgan fingerprint density at radius 1 is 1.28 bits per heavy atom. The number of nitrogens with one attached hydrogen (secondary N) is 1. The van der Waals surface area contributed by atoms with Crippen molar-refractivity contribution in [1.29, 1.82) is 0 Å². The lowest BCUT2D eigenvalue weighted by Gasteiger charge is -2.34. The number of anilines is 1. The molecule has 134 valence electrons. The lowest BCUT2D eigenvalue weighted by molar-refractivity contribution is 0.130. The standard InChI is InChI=1S/C18H25N5O2/c1-21(2)17-12-15(5-6-19-17)13-20-18(24)23-9-7-22(8-10-23)14-16-4-3-11-25-16/h3-6,11-12H,7-10,13-14H2,1-2H3,(H,20,24). The highest BCUT2D eigenvalue weighted by Gasteiger charge is 2.21. The van der Waals surface area contributed by atoms with Gasteiger partial charge in [0.2, 0.25) is 0 Å². The Morgan fingerprint density at radius 3 is 2.76 bits per heavy atom. The molecule has 1 fully saturated rings. The van der Waals surface area contributed by atoms with Gasteiger partial charge in [-0.15, -0.1) is 0 Å². The van der Waals surface area contributed by atoms with Gasteiger partial charge in [0, 0.05) is 53.0 Å². The van der Waals surface area contributed by atoms with E-state index in [1.807, 2.05) is 48.2 Å². The highest BCUT2D eigenvalue weighted by Crippen LogP contribution is 2.11. The van der Waals surface area contributed by atoms with Crippen LogP contribution in [0, 0.1) is 0 Å². The molecule has 0 atom stereocenters. The predicted octanol–water partition coefficient (Wildman–Crippen LogP) is 1.77. The SMILES string of the molecule is CN(C)c1cc(CNC(=O)N2CCN(Cc3ccco3)CC2)ccn1. The number of nitrogens with zero attached hydrogens (tertiary/aromatic N) is 4. The summed E-state index contributed by atoms with van der Waals surface area (Å²) in [7, 11) is 3.90. The number of carbonyl (C=O) groups excluding carboxylic acids is 1. The lowest BCUT2D eigenvalue weighted by Crippen LogP contribution is -2.51. The number of furan rings is 1. The smallest absolute Gasteiger partial charge is 0.317 e. The second-order valence-electron chi connectivity index (χ2n) is 6.42. The first kappa shape index (κ1) is 17.3. The first-order valence-electron chi connectivity index (χ1n) is 8.51. The Labute approximate surface area is 148 Å². The van der Waals surface area contributed by atoms with Gasteiger partial charge in [0.1, 0.15) is 11.6 Å². The molecule has 0 aromatic carbocycles. The number of carbonyl (C=O) groups is 1. The van der Waals surface area contributed by atoms with Gasteiger partial charge in [-0.1, -0.05) is 0 Å². The summed E-state index contributed by atoms with van der Waals surface area (Å²) in [4.78, 5) is 22.8. The second-order valence-corrected chi connectivity index (χ2v) is 6.42. The maximum Gasteiger partial charge on any atom is 0.317 e. The highest BCUT2D eigenvalue weighted by molar-refractivity contribution is 5.74. The molecule has 3 rings (SSSR count). The van der Waals surface area contributed by atoms with Crippen molar-refractivity contribution in [2.45, 2.75) is 13.1 Å². The number of rotatable bonds is 5. The maximum atomic E-state index is 12.4. The summed E-state index contributed by atoms with van der Waals surface area (Å²) in [6.45, 7) is 4.47. The molecule has 0 unspecified atom stereocenters. The molecule has 0 bridgehead atoms. The van der Waals surface area contributed by atoms with Crippen molar-refractivity contribution in [2.24, 2.45) is 0 Å². The third-order valence-electron chi connectivity index (χ3n) is 4.33. The Bertz CT molecular complexity index is 679. The van der Waals surface area contributed by atoms with Crippen LogP contribution in [0.15, 0.2) is 41.1 Å². The van der Waals surface area contributed by atoms with E-state index in [1.54, 1.807) is 12.5 Å². The first-order chi connectivity index (χ1) is 12.1. The molecule has 1 aliphatic rings. The Morgan fingerprint density at radius 2 is 2.08 bits per heavy atom. The van der Waals surface area contributed by atoms with Crippen molar-refractivity contribution in [3.8, 4) is 0 Å². The van der Waals surface area contributed by atoms with Crippen LogP contribution in [0.3, 0.4) is 0 Å². The van der Waals surface area contributed by atoms with Crippen molar-refractivity contribution in [3.63, 3.8) is 0 Å². The molecule has 0 spiro atoms. The molecule has 2 amide bonds. The van der Waals surface area contributed by atoms with Gasteiger partial charge >= 0.3 is 6.03 Å². The summed E-state index contributed by atoms with van der Waals surface area (Å²) in [5.41, 5.74) is 1.04. The number of aromatic nitrogens is 1. The number of piperazine rings is 1. The Hall–Kier alpha value is -2.54. The average Bonchev–Trinajstić information content (AvgIpc) is 3.13. The van der Waals surface area contributed by atoms with Crippen LogP contribution in [0.4, 0.5) is 10.6 Å². The molecule has 7 nitrogen and oxygen atoms in total. The van der Waals surface area contributed by atoms with E-state index >= 15 is 0 Å². The largest absolute Gasteiger partial charge is 0.468 e. The predicted molar refractivity (Wildman–Crippen MR) is 96.4 cm³/mol. The molecular weight excluding hydrogens is 318 g/mol. The van der Waals surface area contributed by atoms with Crippen LogP contribution in [0.25, 0.3) is 0 Å². The number of urea groups is 1. The van der Waals surface area contributed by atoms with Crippen LogP contribution in [0.1, 0.15) is 11.3 Å². The second kappa shape index (κ2) is 8.02. The molecule has 7 heteroatoms. The van der Waals surface area contributed by atoms with E-state index in [0.29, 0.717) is 6.54 Å². The van der Waals surface area contributed by atoms with Gasteiger partial charge in [-0.3, -0.25) is 4.90 Å². The van der Waals surface area contributed by atoms with Crippen molar-refractivity contribution in [1.82, 2.24) is 20.1 Å². The van der Waals surface area contributed by atoms with Crippen LogP contribution in [0.2, 0.25) is 0 Å². The fraction of sp³-hybridized carbons (Fsp3) is 0.444. The van der Waals surface area contributed by atoms with Gasteiger partial charge in [0.25, 0.3) is 0 Å². The summed E-state index contributed by atoms with van der Waals surface area (Å²) >= 11 is 0. The van der Waals surface area contributed by atoms with Gasteiger partial charge in [-0.05, 0) is 29.8 Å². The molecule has 1 saturated heterocycles. The third-order valence-corrected chi connectivity index (χ3v) is 4.33. The zero-order valence-corrected chi connectivity index (χ0v) is 14.8. The van der Waals surface area contributed by atoms with Crippen LogP contribution < -0.4 is 10.2 Å². The molecule has 2 aromatic rings. The van der Waals surface area contributed by atoms with Crippen LogP contribution in [-0.4, -0.2) is 61.1 Å². The molecule has 0 saturated carbocycles. The minimum absolute atomic E-state index is 0.0131. The minimum Gasteiger partial charge on any atom is -0.468 e. The lowest BCUT2D eigenvalue weighted by atomic mass is 10.2. The fourth-order valence-electron chi connectivity index (χ4n) is 2.84. The summed E-state index contributed by atoms with van der Waals surface area (Å²) in [6.07, 6.45) is 3.46. The number of pyridine rings is 1. The van der Waals surface area contributed by atoms with Gasteiger partial charge in [0.05, 0.1) is 12.8 Å². The molecule has 25 heavy (non-hydrogen) atoms. The van der Waals surface area contributed by atoms with Crippen molar-refractivity contribution >= 4 is 11.8 Å². The van der Waals surface area contributed by atoms with E-state index in [-0.39, 0.29) is 6.03 Å². The van der Waals surface area contributed by atoms with Crippen LogP contribution in [-0.2, 0) is 13.1 Å². The molecular formula is C18H25N5O2. The Kier molecular flexibility index (Phi) is 5.55. The number of hydrogen-bond donors (Lipinski definition) is 1. The average molecular weight is 343 g/mol. The molecule has 1 N–H and O–H groups in total. The summed E-state index contributed by atoms with van der Waals surface area (Å²) < 4.78 is 5.38. The van der Waals surface area contributed by atoms with E-state index in [1.165, 1.54) is 0 Å². The highest BCUT2D eigenvalue weighted by atomic mass is 16.3. The van der Waals surface area contributed by atoms with Gasteiger partial charge in [-0.25, -0.2) is 9.78 Å². The zero-order valence-electron chi connectivity index (χ0n) is 14.8. The van der Waals surface area contributed by atoms with E-state index in [9.17, 15) is 4.79 Å². The molecule has 0 radical (unpaired) electrons. The third kappa shape index (κ3) is 4.73. The first-order valence-corrected chi connectivity index (χ1v) is 8.51. The van der Waals surface area contributed by atoms with E-state index in [4.69, 9.17) is 4.42 Å². The van der Waals surface area contributed by atoms with E-state index < -0.39 is 0 Å². The van der Waals surface area contributed by atoms with E-state index in [2.05, 4.69) is 15.2 Å². The fourth-order valence-corrected chi connectivity index (χ4v) is 2.84. The zero-order chi connectivity index (χ0) is 17.6. The summed E-state index contributed by atoms with van der Waals surface area (Å²) in [5, 5.41) is 3.00.